The Balaban J connectivity index is 1.90. The van der Waals surface area contributed by atoms with Crippen LogP contribution in [-0.4, -0.2) is 23.4 Å². The lowest BCUT2D eigenvalue weighted by Gasteiger charge is -2.03. The summed E-state index contributed by atoms with van der Waals surface area (Å²) in [7, 11) is 0. The van der Waals surface area contributed by atoms with Crippen molar-refractivity contribution in [3.63, 3.8) is 0 Å². The van der Waals surface area contributed by atoms with E-state index in [1.165, 1.54) is 13.0 Å². The number of rotatable bonds is 7. The van der Waals surface area contributed by atoms with Gasteiger partial charge in [-0.05, 0) is 38.1 Å². The molecule has 6 heteroatoms. The van der Waals surface area contributed by atoms with Crippen molar-refractivity contribution in [3.05, 3.63) is 59.5 Å². The fraction of sp³-hybridized carbons (Fsp3) is 0.235. The fourth-order valence-electron chi connectivity index (χ4n) is 1.75. The Labute approximate surface area is 134 Å². The van der Waals surface area contributed by atoms with Gasteiger partial charge in [0.1, 0.15) is 12.4 Å². The summed E-state index contributed by atoms with van der Waals surface area (Å²) >= 11 is 0. The zero-order valence-electron chi connectivity index (χ0n) is 13.1. The highest BCUT2D eigenvalue weighted by Gasteiger charge is 2.12. The number of carbonyl (C=O) groups excluding carboxylic acids is 2. The zero-order valence-corrected chi connectivity index (χ0v) is 13.1. The van der Waals surface area contributed by atoms with E-state index in [9.17, 15) is 9.59 Å². The quantitative estimate of drug-likeness (QED) is 0.628. The molecule has 6 nitrogen and oxygen atoms in total. The summed E-state index contributed by atoms with van der Waals surface area (Å²) in [5.41, 5.74) is 1.66. The lowest BCUT2D eigenvalue weighted by atomic mass is 10.1. The second-order valence-corrected chi connectivity index (χ2v) is 5.19. The highest BCUT2D eigenvalue weighted by molar-refractivity contribution is 5.94. The standard InChI is InChI=1S/C17H18N2O4/c1-11(2)9-18-17(21)16-8-15(23-19-16)10-22-14-6-4-13(5-7-14)12(3)20/h4-8H,1,9-10H2,2-3H3,(H,18,21). The SMILES string of the molecule is C=C(C)CNC(=O)c1cc(COc2ccc(C(C)=O)cc2)on1. The first-order valence-corrected chi connectivity index (χ1v) is 7.07. The van der Waals surface area contributed by atoms with Crippen LogP contribution in [-0.2, 0) is 6.61 Å². The van der Waals surface area contributed by atoms with Crippen LogP contribution in [0.1, 0.15) is 40.5 Å². The van der Waals surface area contributed by atoms with E-state index in [1.54, 1.807) is 24.3 Å². The number of nitrogens with one attached hydrogen (secondary N) is 1. The van der Waals surface area contributed by atoms with Gasteiger partial charge in [-0.1, -0.05) is 17.3 Å². The molecule has 0 saturated heterocycles. The number of aromatic nitrogens is 1. The second kappa shape index (κ2) is 7.40. The van der Waals surface area contributed by atoms with Crippen molar-refractivity contribution in [2.24, 2.45) is 0 Å². The van der Waals surface area contributed by atoms with Crippen LogP contribution in [0.5, 0.6) is 5.75 Å². The molecule has 23 heavy (non-hydrogen) atoms. The molecule has 1 aromatic carbocycles. The van der Waals surface area contributed by atoms with Gasteiger partial charge < -0.3 is 14.6 Å². The molecule has 0 bridgehead atoms. The highest BCUT2D eigenvalue weighted by atomic mass is 16.5. The molecule has 0 fully saturated rings. The lowest BCUT2D eigenvalue weighted by Crippen LogP contribution is -2.25. The van der Waals surface area contributed by atoms with Crippen LogP contribution in [0.15, 0.2) is 47.0 Å². The van der Waals surface area contributed by atoms with Crippen molar-refractivity contribution in [2.75, 3.05) is 6.54 Å². The highest BCUT2D eigenvalue weighted by Crippen LogP contribution is 2.15. The lowest BCUT2D eigenvalue weighted by molar-refractivity contribution is 0.0946. The largest absolute Gasteiger partial charge is 0.486 e. The first-order valence-electron chi connectivity index (χ1n) is 7.07. The first kappa shape index (κ1) is 16.5. The molecule has 1 N–H and O–H groups in total. The van der Waals surface area contributed by atoms with Crippen LogP contribution in [0.3, 0.4) is 0 Å². The minimum atomic E-state index is -0.325. The third kappa shape index (κ3) is 4.81. The van der Waals surface area contributed by atoms with E-state index < -0.39 is 0 Å². The average molecular weight is 314 g/mol. The van der Waals surface area contributed by atoms with E-state index in [2.05, 4.69) is 17.1 Å². The summed E-state index contributed by atoms with van der Waals surface area (Å²) in [6.45, 7) is 7.56. The van der Waals surface area contributed by atoms with Crippen molar-refractivity contribution in [3.8, 4) is 5.75 Å². The Morgan fingerprint density at radius 2 is 1.96 bits per heavy atom. The topological polar surface area (TPSA) is 81.4 Å². The van der Waals surface area contributed by atoms with Gasteiger partial charge >= 0.3 is 0 Å². The molecular weight excluding hydrogens is 296 g/mol. The van der Waals surface area contributed by atoms with Gasteiger partial charge in [0.2, 0.25) is 0 Å². The number of ketones is 1. The van der Waals surface area contributed by atoms with Crippen molar-refractivity contribution in [1.29, 1.82) is 0 Å². The maximum Gasteiger partial charge on any atom is 0.273 e. The molecule has 0 aliphatic heterocycles. The molecule has 2 aromatic rings. The molecule has 2 rings (SSSR count). The number of carbonyl (C=O) groups is 2. The smallest absolute Gasteiger partial charge is 0.273 e. The van der Waals surface area contributed by atoms with E-state index in [0.29, 0.717) is 23.6 Å². The molecule has 0 saturated carbocycles. The van der Waals surface area contributed by atoms with Crippen molar-refractivity contribution >= 4 is 11.7 Å². The van der Waals surface area contributed by atoms with Crippen molar-refractivity contribution < 1.29 is 18.8 Å². The molecule has 1 heterocycles. The van der Waals surface area contributed by atoms with Gasteiger partial charge in [0.15, 0.2) is 17.2 Å². The molecule has 120 valence electrons. The number of hydrogen-bond acceptors (Lipinski definition) is 5. The van der Waals surface area contributed by atoms with Gasteiger partial charge in [0.05, 0.1) is 0 Å². The number of amides is 1. The Morgan fingerprint density at radius 3 is 2.57 bits per heavy atom. The maximum atomic E-state index is 11.8. The summed E-state index contributed by atoms with van der Waals surface area (Å²) in [5.74, 6) is 0.701. The van der Waals surface area contributed by atoms with E-state index >= 15 is 0 Å². The first-order chi connectivity index (χ1) is 11.0. The molecule has 0 atom stereocenters. The third-order valence-electron chi connectivity index (χ3n) is 2.98. The van der Waals surface area contributed by atoms with Gasteiger partial charge in [-0.25, -0.2) is 0 Å². The monoisotopic (exact) mass is 314 g/mol. The van der Waals surface area contributed by atoms with Crippen LogP contribution in [0.25, 0.3) is 0 Å². The van der Waals surface area contributed by atoms with Crippen LogP contribution >= 0.6 is 0 Å². The fourth-order valence-corrected chi connectivity index (χ4v) is 1.75. The predicted octanol–water partition coefficient (Wildman–Crippen LogP) is 2.76. The van der Waals surface area contributed by atoms with Gasteiger partial charge in [0, 0.05) is 18.2 Å². The normalized spacial score (nSPS) is 10.2. The Morgan fingerprint density at radius 1 is 1.26 bits per heavy atom. The van der Waals surface area contributed by atoms with Gasteiger partial charge in [-0.15, -0.1) is 0 Å². The Bertz CT molecular complexity index is 716. The Kier molecular flexibility index (Phi) is 5.30. The van der Waals surface area contributed by atoms with E-state index in [1.807, 2.05) is 6.92 Å². The summed E-state index contributed by atoms with van der Waals surface area (Å²) in [5, 5.41) is 6.37. The predicted molar refractivity (Wildman–Crippen MR) is 84.4 cm³/mol. The minimum absolute atomic E-state index is 0.00259. The molecule has 0 aliphatic carbocycles. The average Bonchev–Trinajstić information content (AvgIpc) is 3.00. The summed E-state index contributed by atoms with van der Waals surface area (Å²) in [6, 6.07) is 8.31. The molecule has 0 spiro atoms. The third-order valence-corrected chi connectivity index (χ3v) is 2.98. The van der Waals surface area contributed by atoms with Crippen molar-refractivity contribution in [2.45, 2.75) is 20.5 Å². The molecule has 1 aromatic heterocycles. The number of Topliss-reactive ketones (excluding diaryl/α,β-unsaturated/α-hetero) is 1. The number of benzene rings is 1. The molecular formula is C17H18N2O4. The molecule has 0 unspecified atom stereocenters. The Hall–Kier alpha value is -2.89. The molecule has 0 radical (unpaired) electrons. The van der Waals surface area contributed by atoms with Crippen LogP contribution in [0.2, 0.25) is 0 Å². The van der Waals surface area contributed by atoms with Crippen molar-refractivity contribution in [1.82, 2.24) is 10.5 Å². The summed E-state index contributed by atoms with van der Waals surface area (Å²) < 4.78 is 10.6. The van der Waals surface area contributed by atoms with Gasteiger partial charge in [0.25, 0.3) is 5.91 Å². The van der Waals surface area contributed by atoms with Gasteiger partial charge in [-0.2, -0.15) is 0 Å². The number of hydrogen-bond donors (Lipinski definition) is 1. The van der Waals surface area contributed by atoms with Crippen LogP contribution in [0.4, 0.5) is 0 Å². The molecule has 0 aliphatic rings. The second-order valence-electron chi connectivity index (χ2n) is 5.19. The minimum Gasteiger partial charge on any atom is -0.486 e. The van der Waals surface area contributed by atoms with Gasteiger partial charge in [-0.3, -0.25) is 9.59 Å². The number of nitrogens with zero attached hydrogens (tertiary/aromatic N) is 1. The van der Waals surface area contributed by atoms with E-state index in [-0.39, 0.29) is 24.0 Å². The van der Waals surface area contributed by atoms with E-state index in [0.717, 1.165) is 5.57 Å². The maximum absolute atomic E-state index is 11.8. The van der Waals surface area contributed by atoms with Crippen LogP contribution < -0.4 is 10.1 Å². The summed E-state index contributed by atoms with van der Waals surface area (Å²) in [6.07, 6.45) is 0. The number of ether oxygens (including phenoxy) is 1. The van der Waals surface area contributed by atoms with E-state index in [4.69, 9.17) is 9.26 Å². The summed E-state index contributed by atoms with van der Waals surface area (Å²) in [4.78, 5) is 23.0. The zero-order chi connectivity index (χ0) is 16.8. The van der Waals surface area contributed by atoms with Crippen LogP contribution in [0, 0.1) is 0 Å². The molecule has 1 amide bonds.